The van der Waals surface area contributed by atoms with Crippen LogP contribution in [-0.4, -0.2) is 11.1 Å². The van der Waals surface area contributed by atoms with Crippen molar-refractivity contribution in [1.29, 1.82) is 0 Å². The van der Waals surface area contributed by atoms with Gasteiger partial charge in [0.25, 0.3) is 0 Å². The van der Waals surface area contributed by atoms with Gasteiger partial charge in [0.1, 0.15) is 0 Å². The van der Waals surface area contributed by atoms with E-state index in [-0.39, 0.29) is 16.8 Å². The second kappa shape index (κ2) is 78.5. The van der Waals surface area contributed by atoms with Crippen LogP contribution in [-0.2, 0) is 4.79 Å². The topological polar surface area (TPSA) is 37.3 Å². The van der Waals surface area contributed by atoms with Gasteiger partial charge in [-0.1, -0.05) is 567 Å². The number of carboxylic acids is 1. The maximum atomic E-state index is 16.8. The second-order valence-electron chi connectivity index (χ2n) is 36.5. The molecule has 0 saturated heterocycles. The summed E-state index contributed by atoms with van der Waals surface area (Å²) in [5.41, 5.74) is 2.44. The van der Waals surface area contributed by atoms with Crippen molar-refractivity contribution in [2.75, 3.05) is 0 Å². The summed E-state index contributed by atoms with van der Waals surface area (Å²) < 4.78 is 0. The van der Waals surface area contributed by atoms with Gasteiger partial charge in [0.05, 0.1) is 5.41 Å². The van der Waals surface area contributed by atoms with Gasteiger partial charge in [-0.2, -0.15) is 0 Å². The molecule has 0 heterocycles. The molecule has 2 atom stereocenters. The van der Waals surface area contributed by atoms with Crippen LogP contribution < -0.4 is 0 Å². The van der Waals surface area contributed by atoms with Crippen LogP contribution >= 0.6 is 0 Å². The number of rotatable bonds is 89. The molecule has 0 aliphatic heterocycles. The van der Waals surface area contributed by atoms with Gasteiger partial charge in [-0.15, -0.1) is 0 Å². The lowest BCUT2D eigenvalue weighted by Gasteiger charge is -2.68. The first-order valence-corrected chi connectivity index (χ1v) is 50.8. The van der Waals surface area contributed by atoms with Gasteiger partial charge < -0.3 is 5.11 Å². The molecule has 626 valence electrons. The van der Waals surface area contributed by atoms with Crippen LogP contribution in [0.25, 0.3) is 0 Å². The van der Waals surface area contributed by atoms with Crippen molar-refractivity contribution in [2.45, 2.75) is 620 Å². The summed E-state index contributed by atoms with van der Waals surface area (Å²) in [6.45, 7) is 18.9. The highest BCUT2D eigenvalue weighted by Crippen LogP contribution is 2.74. The minimum absolute atomic E-state index is 0.0110. The molecule has 0 bridgehead atoms. The summed E-state index contributed by atoms with van der Waals surface area (Å²) in [7, 11) is 0. The maximum absolute atomic E-state index is 16.8. The van der Waals surface area contributed by atoms with Gasteiger partial charge in [-0.25, -0.2) is 0 Å². The highest BCUT2D eigenvalue weighted by Gasteiger charge is 2.70. The number of carboxylic acid groups (broad SMARTS) is 1. The van der Waals surface area contributed by atoms with E-state index in [4.69, 9.17) is 0 Å². The molecule has 0 aromatic rings. The van der Waals surface area contributed by atoms with Crippen molar-refractivity contribution in [3.8, 4) is 0 Å². The molecular weight excluding hydrogens is 1270 g/mol. The van der Waals surface area contributed by atoms with Crippen LogP contribution in [0.15, 0.2) is 11.1 Å². The number of hydrogen-bond donors (Lipinski definition) is 1. The van der Waals surface area contributed by atoms with Gasteiger partial charge in [0.2, 0.25) is 0 Å². The van der Waals surface area contributed by atoms with E-state index in [1.807, 2.05) is 5.57 Å². The van der Waals surface area contributed by atoms with Crippen LogP contribution in [0.2, 0.25) is 0 Å². The highest BCUT2D eigenvalue weighted by atomic mass is 16.4. The molecule has 0 amide bonds. The Bertz CT molecular complexity index is 1710. The maximum Gasteiger partial charge on any atom is 0.314 e. The number of unbranched alkanes of at least 4 members (excludes halogenated alkanes) is 72. The fraction of sp³-hybridized carbons (Fsp3) is 0.971. The third-order valence-corrected chi connectivity index (χ3v) is 27.3. The molecule has 0 aromatic heterocycles. The Labute approximate surface area is 665 Å². The van der Waals surface area contributed by atoms with Gasteiger partial charge >= 0.3 is 5.97 Å². The van der Waals surface area contributed by atoms with Crippen LogP contribution in [0.4, 0.5) is 0 Å². The number of aliphatic carboxylic acids is 1. The molecule has 0 aromatic carbocycles. The Balaban J connectivity index is 4.74. The van der Waals surface area contributed by atoms with Crippen molar-refractivity contribution < 1.29 is 9.90 Å². The van der Waals surface area contributed by atoms with E-state index in [1.54, 1.807) is 5.57 Å². The van der Waals surface area contributed by atoms with E-state index in [9.17, 15) is 5.11 Å². The van der Waals surface area contributed by atoms with Gasteiger partial charge in [-0.3, -0.25) is 4.79 Å². The van der Waals surface area contributed by atoms with Crippen molar-refractivity contribution in [3.63, 3.8) is 0 Å². The van der Waals surface area contributed by atoms with E-state index in [2.05, 4.69) is 55.4 Å². The summed E-state index contributed by atoms with van der Waals surface area (Å²) in [4.78, 5) is 16.8. The summed E-state index contributed by atoms with van der Waals surface area (Å²) >= 11 is 0. The lowest BCUT2D eigenvalue weighted by atomic mass is 9.35. The molecule has 105 heavy (non-hydrogen) atoms. The number of hydrogen-bond acceptors (Lipinski definition) is 1. The zero-order chi connectivity index (χ0) is 76.0. The molecule has 1 aliphatic carbocycles. The largest absolute Gasteiger partial charge is 0.481 e. The standard InChI is InChI=1S/C103H202O2/c1-9-17-25-33-41-49-57-65-73-81-89-97-98(90-82-74-66-58-50-42-34-26-18-10-2)101(92-84-76-68-60-52-44-36-28-20-12-4,93-85-77-69-61-53-45-37-29-21-13-5)102(94-86-78-70-62-54-46-38-30-22-14-6,95-87-79-71-63-55-47-39-31-23-15-7)103(100(104)105,96-88-80-72-64-56-48-40-32-24-16-8)99(97)91-83-75-67-59-51-43-35-27-19-11-3/h98H,9-96H2,1-8H3,(H,104,105). The average molecular weight is 1470 g/mol. The number of allylic oxidation sites excluding steroid dienone is 1. The van der Waals surface area contributed by atoms with Crippen molar-refractivity contribution in [1.82, 2.24) is 0 Å². The van der Waals surface area contributed by atoms with Gasteiger partial charge in [-0.05, 0) is 81.0 Å². The average Bonchev–Trinajstić information content (AvgIpc) is 0.676. The summed E-state index contributed by atoms with van der Waals surface area (Å²) in [6.07, 6.45) is 119. The van der Waals surface area contributed by atoms with Crippen LogP contribution in [0, 0.1) is 22.2 Å². The van der Waals surface area contributed by atoms with Gasteiger partial charge in [0.15, 0.2) is 0 Å². The quantitative estimate of drug-likeness (QED) is 0.0487. The van der Waals surface area contributed by atoms with E-state index >= 15 is 4.79 Å². The predicted octanol–water partition coefficient (Wildman–Crippen LogP) is 38.4. The molecule has 0 spiro atoms. The molecule has 0 radical (unpaired) electrons. The third-order valence-electron chi connectivity index (χ3n) is 27.3. The van der Waals surface area contributed by atoms with Crippen LogP contribution in [0.5, 0.6) is 0 Å². The summed E-state index contributed by atoms with van der Waals surface area (Å²) in [5, 5.41) is 13.8. The smallest absolute Gasteiger partial charge is 0.314 e. The van der Waals surface area contributed by atoms with E-state index in [0.717, 1.165) is 19.3 Å². The fourth-order valence-corrected chi connectivity index (χ4v) is 20.8. The Hall–Kier alpha value is -0.790. The van der Waals surface area contributed by atoms with Crippen LogP contribution in [0.3, 0.4) is 0 Å². The monoisotopic (exact) mass is 1470 g/mol. The molecule has 1 N–H and O–H groups in total. The van der Waals surface area contributed by atoms with E-state index < -0.39 is 5.41 Å². The lowest BCUT2D eigenvalue weighted by molar-refractivity contribution is -0.186. The minimum Gasteiger partial charge on any atom is -0.481 e. The fourth-order valence-electron chi connectivity index (χ4n) is 20.8. The van der Waals surface area contributed by atoms with Crippen molar-refractivity contribution in [3.05, 3.63) is 11.1 Å². The highest BCUT2D eigenvalue weighted by molar-refractivity contribution is 5.81. The molecule has 0 saturated carbocycles. The molecule has 1 rings (SSSR count). The molecule has 2 unspecified atom stereocenters. The molecule has 0 fully saturated rings. The van der Waals surface area contributed by atoms with E-state index in [1.165, 1.54) is 546 Å². The summed E-state index contributed by atoms with van der Waals surface area (Å²) in [5.74, 6) is 0.222. The third kappa shape index (κ3) is 50.8. The Kier molecular flexibility index (Phi) is 76.4. The molecule has 1 aliphatic rings. The minimum atomic E-state index is -0.788. The molecular formula is C103H202O2. The van der Waals surface area contributed by atoms with Crippen LogP contribution in [0.1, 0.15) is 620 Å². The predicted molar refractivity (Wildman–Crippen MR) is 477 cm³/mol. The first kappa shape index (κ1) is 102. The normalized spacial score (nSPS) is 15.9. The summed E-state index contributed by atoms with van der Waals surface area (Å²) in [6, 6.07) is 0. The first-order valence-electron chi connectivity index (χ1n) is 50.8. The first-order chi connectivity index (χ1) is 51.8. The SMILES string of the molecule is CCCCCCCCCCCCC1=C(CCCCCCCCCCCC)C(CCCCCCCCCCCC)(C(=O)O)C(CCCCCCCCCCCC)(CCCCCCCCCCCC)C(CCCCCCCCCCCC)(CCCCCCCCCCCC)C1CCCCCCCCCCCC. The molecule has 2 heteroatoms. The lowest BCUT2D eigenvalue weighted by Crippen LogP contribution is -2.64. The Morgan fingerprint density at radius 1 is 0.219 bits per heavy atom. The van der Waals surface area contributed by atoms with E-state index in [0.29, 0.717) is 5.92 Å². The number of carbonyl (C=O) groups is 1. The second-order valence-corrected chi connectivity index (χ2v) is 36.5. The van der Waals surface area contributed by atoms with Crippen molar-refractivity contribution in [2.24, 2.45) is 22.2 Å². The zero-order valence-corrected chi connectivity index (χ0v) is 74.7. The van der Waals surface area contributed by atoms with Gasteiger partial charge in [0, 0.05) is 0 Å². The molecule has 2 nitrogen and oxygen atoms in total. The Morgan fingerprint density at radius 3 is 0.629 bits per heavy atom. The van der Waals surface area contributed by atoms with Crippen molar-refractivity contribution >= 4 is 5.97 Å². The Morgan fingerprint density at radius 2 is 0.400 bits per heavy atom. The zero-order valence-electron chi connectivity index (χ0n) is 74.7.